The predicted molar refractivity (Wildman–Crippen MR) is 74.9 cm³/mol. The fraction of sp³-hybridized carbons (Fsp3) is 0.600. The molecule has 2 atom stereocenters. The van der Waals surface area contributed by atoms with Gasteiger partial charge in [0, 0.05) is 18.2 Å². The lowest BCUT2D eigenvalue weighted by molar-refractivity contribution is 0.272. The Morgan fingerprint density at radius 2 is 2.00 bits per heavy atom. The second-order valence-electron chi connectivity index (χ2n) is 5.19. The van der Waals surface area contributed by atoms with Crippen molar-refractivity contribution < 1.29 is 4.39 Å². The molecule has 1 aromatic carbocycles. The zero-order valence-corrected chi connectivity index (χ0v) is 11.7. The number of rotatable bonds is 7. The molecule has 0 saturated heterocycles. The smallest absolute Gasteiger partial charge is 0.127 e. The Bertz CT molecular complexity index is 354. The molecule has 18 heavy (non-hydrogen) atoms. The van der Waals surface area contributed by atoms with Crippen LogP contribution in [0.25, 0.3) is 0 Å². The molecular weight excluding hydrogens is 227 g/mol. The van der Waals surface area contributed by atoms with Crippen LogP contribution in [0.1, 0.15) is 38.3 Å². The zero-order chi connectivity index (χ0) is 13.5. The van der Waals surface area contributed by atoms with Crippen LogP contribution in [-0.4, -0.2) is 25.0 Å². The van der Waals surface area contributed by atoms with E-state index in [1.807, 2.05) is 6.07 Å². The lowest BCUT2D eigenvalue weighted by atomic mass is 10.0. The maximum atomic E-state index is 13.5. The number of benzene rings is 1. The van der Waals surface area contributed by atoms with Gasteiger partial charge in [-0.2, -0.15) is 0 Å². The number of hydrogen-bond donors (Lipinski definition) is 1. The molecule has 1 aromatic rings. The first-order valence-electron chi connectivity index (χ1n) is 6.73. The van der Waals surface area contributed by atoms with Crippen molar-refractivity contribution >= 4 is 0 Å². The molecule has 102 valence electrons. The van der Waals surface area contributed by atoms with Crippen LogP contribution >= 0.6 is 0 Å². The van der Waals surface area contributed by atoms with Crippen molar-refractivity contribution in [2.75, 3.05) is 20.1 Å². The summed E-state index contributed by atoms with van der Waals surface area (Å²) in [5.41, 5.74) is 6.66. The number of nitrogens with two attached hydrogens (primary N) is 1. The molecule has 0 aliphatic carbocycles. The van der Waals surface area contributed by atoms with E-state index in [9.17, 15) is 4.39 Å². The number of hydrogen-bond acceptors (Lipinski definition) is 2. The normalized spacial score (nSPS) is 14.8. The van der Waals surface area contributed by atoms with E-state index in [-0.39, 0.29) is 11.9 Å². The fourth-order valence-corrected chi connectivity index (χ4v) is 2.04. The van der Waals surface area contributed by atoms with Crippen LogP contribution < -0.4 is 5.73 Å². The van der Waals surface area contributed by atoms with Gasteiger partial charge in [-0.05, 0) is 32.0 Å². The zero-order valence-electron chi connectivity index (χ0n) is 11.7. The van der Waals surface area contributed by atoms with Gasteiger partial charge in [-0.15, -0.1) is 0 Å². The van der Waals surface area contributed by atoms with Gasteiger partial charge in [0.15, 0.2) is 0 Å². The summed E-state index contributed by atoms with van der Waals surface area (Å²) in [4.78, 5) is 2.27. The Balaban J connectivity index is 2.42. The van der Waals surface area contributed by atoms with Gasteiger partial charge in [0.05, 0.1) is 0 Å². The van der Waals surface area contributed by atoms with E-state index in [0.29, 0.717) is 11.5 Å². The highest BCUT2D eigenvalue weighted by Gasteiger charge is 2.12. The molecule has 1 rings (SSSR count). The second-order valence-corrected chi connectivity index (χ2v) is 5.19. The van der Waals surface area contributed by atoms with Crippen molar-refractivity contribution in [3.63, 3.8) is 0 Å². The van der Waals surface area contributed by atoms with Gasteiger partial charge in [0.25, 0.3) is 0 Å². The predicted octanol–water partition coefficient (Wildman–Crippen LogP) is 3.19. The van der Waals surface area contributed by atoms with Crippen LogP contribution in [0.4, 0.5) is 4.39 Å². The van der Waals surface area contributed by atoms with Gasteiger partial charge in [0.1, 0.15) is 5.82 Å². The van der Waals surface area contributed by atoms with Gasteiger partial charge in [-0.25, -0.2) is 4.39 Å². The SMILES string of the molecule is CCC(C)CN(C)CCC(N)c1ccccc1F. The largest absolute Gasteiger partial charge is 0.324 e. The van der Waals surface area contributed by atoms with Crippen LogP contribution in [0, 0.1) is 11.7 Å². The summed E-state index contributed by atoms with van der Waals surface area (Å²) < 4.78 is 13.5. The van der Waals surface area contributed by atoms with Crippen LogP contribution in [0.15, 0.2) is 24.3 Å². The average molecular weight is 252 g/mol. The summed E-state index contributed by atoms with van der Waals surface area (Å²) in [6.45, 7) is 6.41. The van der Waals surface area contributed by atoms with E-state index in [2.05, 4.69) is 25.8 Å². The molecular formula is C15H25FN2. The van der Waals surface area contributed by atoms with Gasteiger partial charge < -0.3 is 10.6 Å². The van der Waals surface area contributed by atoms with Gasteiger partial charge in [-0.1, -0.05) is 38.5 Å². The highest BCUT2D eigenvalue weighted by atomic mass is 19.1. The first-order chi connectivity index (χ1) is 8.54. The molecule has 2 unspecified atom stereocenters. The third-order valence-electron chi connectivity index (χ3n) is 3.45. The van der Waals surface area contributed by atoms with E-state index in [4.69, 9.17) is 5.73 Å². The molecule has 0 spiro atoms. The molecule has 2 N–H and O–H groups in total. The maximum Gasteiger partial charge on any atom is 0.127 e. The third kappa shape index (κ3) is 4.75. The van der Waals surface area contributed by atoms with Crippen molar-refractivity contribution in [2.24, 2.45) is 11.7 Å². The van der Waals surface area contributed by atoms with Crippen LogP contribution in [0.3, 0.4) is 0 Å². The monoisotopic (exact) mass is 252 g/mol. The highest BCUT2D eigenvalue weighted by Crippen LogP contribution is 2.17. The fourth-order valence-electron chi connectivity index (χ4n) is 2.04. The molecule has 0 bridgehead atoms. The summed E-state index contributed by atoms with van der Waals surface area (Å²) in [6.07, 6.45) is 1.97. The molecule has 0 fully saturated rings. The van der Waals surface area contributed by atoms with Gasteiger partial charge in [-0.3, -0.25) is 0 Å². The van der Waals surface area contributed by atoms with E-state index in [1.165, 1.54) is 12.5 Å². The molecule has 0 radical (unpaired) electrons. The lowest BCUT2D eigenvalue weighted by Crippen LogP contribution is -2.28. The topological polar surface area (TPSA) is 29.3 Å². The summed E-state index contributed by atoms with van der Waals surface area (Å²) in [5.74, 6) is 0.495. The minimum absolute atomic E-state index is 0.199. The van der Waals surface area contributed by atoms with Crippen molar-refractivity contribution in [3.8, 4) is 0 Å². The Labute approximate surface area is 110 Å². The first-order valence-corrected chi connectivity index (χ1v) is 6.73. The van der Waals surface area contributed by atoms with Crippen molar-refractivity contribution in [3.05, 3.63) is 35.6 Å². The van der Waals surface area contributed by atoms with Crippen LogP contribution in [0.2, 0.25) is 0 Å². The highest BCUT2D eigenvalue weighted by molar-refractivity contribution is 5.20. The standard InChI is InChI=1S/C15H25FN2/c1-4-12(2)11-18(3)10-9-15(17)13-7-5-6-8-14(13)16/h5-8,12,15H,4,9-11,17H2,1-3H3. The molecule has 0 aromatic heterocycles. The van der Waals surface area contributed by atoms with E-state index in [1.54, 1.807) is 12.1 Å². The Hall–Kier alpha value is -0.930. The summed E-state index contributed by atoms with van der Waals surface area (Å²) >= 11 is 0. The van der Waals surface area contributed by atoms with Crippen LogP contribution in [0.5, 0.6) is 0 Å². The third-order valence-corrected chi connectivity index (χ3v) is 3.45. The minimum Gasteiger partial charge on any atom is -0.324 e. The summed E-state index contributed by atoms with van der Waals surface area (Å²) in [6, 6.07) is 6.56. The van der Waals surface area contributed by atoms with Crippen LogP contribution in [-0.2, 0) is 0 Å². The molecule has 0 amide bonds. The average Bonchev–Trinajstić information content (AvgIpc) is 2.36. The van der Waals surface area contributed by atoms with Crippen molar-refractivity contribution in [2.45, 2.75) is 32.7 Å². The molecule has 0 aliphatic rings. The summed E-state index contributed by atoms with van der Waals surface area (Å²) in [5, 5.41) is 0. The molecule has 0 heterocycles. The molecule has 0 aliphatic heterocycles. The van der Waals surface area contributed by atoms with Crippen molar-refractivity contribution in [1.82, 2.24) is 4.90 Å². The lowest BCUT2D eigenvalue weighted by Gasteiger charge is -2.22. The molecule has 2 nitrogen and oxygen atoms in total. The summed E-state index contributed by atoms with van der Waals surface area (Å²) in [7, 11) is 2.10. The Kier molecular flexibility index (Phi) is 6.30. The van der Waals surface area contributed by atoms with Crippen molar-refractivity contribution in [1.29, 1.82) is 0 Å². The Morgan fingerprint density at radius 3 is 2.61 bits per heavy atom. The van der Waals surface area contributed by atoms with E-state index in [0.717, 1.165) is 19.5 Å². The first kappa shape index (κ1) is 15.1. The number of nitrogens with zero attached hydrogens (tertiary/aromatic N) is 1. The van der Waals surface area contributed by atoms with Gasteiger partial charge >= 0.3 is 0 Å². The van der Waals surface area contributed by atoms with E-state index < -0.39 is 0 Å². The Morgan fingerprint density at radius 1 is 1.33 bits per heavy atom. The second kappa shape index (κ2) is 7.49. The maximum absolute atomic E-state index is 13.5. The quantitative estimate of drug-likeness (QED) is 0.807. The minimum atomic E-state index is -0.217. The van der Waals surface area contributed by atoms with E-state index >= 15 is 0 Å². The molecule has 0 saturated carbocycles. The van der Waals surface area contributed by atoms with Gasteiger partial charge in [0.2, 0.25) is 0 Å². The number of halogens is 1. The molecule has 3 heteroatoms.